The lowest BCUT2D eigenvalue weighted by Crippen LogP contribution is -2.14. The maximum absolute atomic E-state index is 11.9. The number of carbonyl (C=O) groups excluding carboxylic acids is 1. The maximum Gasteiger partial charge on any atom is 0.276 e. The smallest absolute Gasteiger partial charge is 0.276 e. The summed E-state index contributed by atoms with van der Waals surface area (Å²) in [7, 11) is 0. The van der Waals surface area contributed by atoms with E-state index in [0.29, 0.717) is 18.7 Å². The van der Waals surface area contributed by atoms with Gasteiger partial charge in [0.25, 0.3) is 5.91 Å². The molecule has 0 atom stereocenters. The number of nitrogens with one attached hydrogen (secondary N) is 1. The van der Waals surface area contributed by atoms with E-state index in [2.05, 4.69) is 20.3 Å². The molecule has 0 aliphatic heterocycles. The van der Waals surface area contributed by atoms with E-state index in [1.165, 1.54) is 17.4 Å². The molecule has 0 radical (unpaired) electrons. The average molecular weight is 318 g/mol. The van der Waals surface area contributed by atoms with Crippen molar-refractivity contribution in [2.45, 2.75) is 6.42 Å². The van der Waals surface area contributed by atoms with E-state index >= 15 is 0 Å². The van der Waals surface area contributed by atoms with Gasteiger partial charge >= 0.3 is 0 Å². The van der Waals surface area contributed by atoms with E-state index in [4.69, 9.17) is 28.9 Å². The molecular formula is C10H9Cl2N5OS. The Bertz CT molecular complexity index is 583. The van der Waals surface area contributed by atoms with Crippen LogP contribution in [0.1, 0.15) is 15.5 Å². The van der Waals surface area contributed by atoms with Crippen LogP contribution < -0.4 is 11.1 Å². The first-order chi connectivity index (χ1) is 9.08. The Labute approximate surface area is 123 Å². The van der Waals surface area contributed by atoms with Crippen LogP contribution in [0.15, 0.2) is 11.4 Å². The number of thiazole rings is 1. The number of amides is 1. The van der Waals surface area contributed by atoms with Crippen LogP contribution >= 0.6 is 34.5 Å². The van der Waals surface area contributed by atoms with Crippen molar-refractivity contribution in [2.75, 3.05) is 11.9 Å². The monoisotopic (exact) mass is 317 g/mol. The summed E-state index contributed by atoms with van der Waals surface area (Å²) in [4.78, 5) is 23.6. The minimum Gasteiger partial charge on any atom is -0.330 e. The normalized spacial score (nSPS) is 10.5. The molecule has 2 heterocycles. The van der Waals surface area contributed by atoms with Crippen LogP contribution in [0.25, 0.3) is 0 Å². The van der Waals surface area contributed by atoms with Gasteiger partial charge in [0, 0.05) is 17.9 Å². The van der Waals surface area contributed by atoms with Crippen molar-refractivity contribution in [3.8, 4) is 0 Å². The minimum absolute atomic E-state index is 0.0371. The molecule has 19 heavy (non-hydrogen) atoms. The number of anilines is 1. The highest BCUT2D eigenvalue weighted by molar-refractivity contribution is 7.09. The number of carbonyl (C=O) groups is 1. The van der Waals surface area contributed by atoms with Gasteiger partial charge in [-0.3, -0.25) is 4.79 Å². The van der Waals surface area contributed by atoms with E-state index in [-0.39, 0.29) is 22.2 Å². The molecule has 3 N–H and O–H groups in total. The molecule has 2 rings (SSSR count). The number of nitrogens with zero attached hydrogens (tertiary/aromatic N) is 3. The Morgan fingerprint density at radius 3 is 2.84 bits per heavy atom. The number of aromatic nitrogens is 3. The Morgan fingerprint density at radius 2 is 2.16 bits per heavy atom. The third kappa shape index (κ3) is 3.84. The first kappa shape index (κ1) is 14.1. The van der Waals surface area contributed by atoms with Crippen molar-refractivity contribution in [1.29, 1.82) is 0 Å². The van der Waals surface area contributed by atoms with Crippen LogP contribution in [0.5, 0.6) is 0 Å². The fourth-order valence-corrected chi connectivity index (χ4v) is 2.49. The van der Waals surface area contributed by atoms with Gasteiger partial charge in [0.15, 0.2) is 0 Å². The van der Waals surface area contributed by atoms with E-state index in [1.807, 2.05) is 0 Å². The van der Waals surface area contributed by atoms with Crippen molar-refractivity contribution in [2.24, 2.45) is 5.73 Å². The van der Waals surface area contributed by atoms with E-state index < -0.39 is 0 Å². The summed E-state index contributed by atoms with van der Waals surface area (Å²) in [6, 6.07) is 1.40. The Kier molecular flexibility index (Phi) is 4.65. The lowest BCUT2D eigenvalue weighted by molar-refractivity contribution is 0.102. The standard InChI is InChI=1S/C10H9Cl2N5OS/c11-6-3-7(17-10(12)15-6)16-9(18)5-4-19-8(14-5)1-2-13/h3-4H,1-2,13H2,(H,15,16,17,18). The second kappa shape index (κ2) is 6.25. The molecule has 0 saturated heterocycles. The molecular weight excluding hydrogens is 309 g/mol. The summed E-state index contributed by atoms with van der Waals surface area (Å²) in [6.07, 6.45) is 0.642. The third-order valence-electron chi connectivity index (χ3n) is 2.05. The Morgan fingerprint density at radius 1 is 1.37 bits per heavy atom. The van der Waals surface area contributed by atoms with Crippen LogP contribution in [0.2, 0.25) is 10.4 Å². The number of nitrogens with two attached hydrogens (primary N) is 1. The number of hydrogen-bond acceptors (Lipinski definition) is 6. The zero-order chi connectivity index (χ0) is 13.8. The molecule has 100 valence electrons. The van der Waals surface area contributed by atoms with Gasteiger partial charge in [-0.05, 0) is 18.1 Å². The van der Waals surface area contributed by atoms with Crippen LogP contribution in [-0.4, -0.2) is 27.4 Å². The zero-order valence-electron chi connectivity index (χ0n) is 9.56. The van der Waals surface area contributed by atoms with E-state index in [9.17, 15) is 4.79 Å². The van der Waals surface area contributed by atoms with E-state index in [1.54, 1.807) is 5.38 Å². The summed E-state index contributed by atoms with van der Waals surface area (Å²) >= 11 is 12.7. The molecule has 0 spiro atoms. The molecule has 2 aromatic heterocycles. The summed E-state index contributed by atoms with van der Waals surface area (Å²) in [5.74, 6) is -0.159. The molecule has 0 aromatic carbocycles. The number of rotatable bonds is 4. The second-order valence-corrected chi connectivity index (χ2v) is 5.13. The minimum atomic E-state index is -0.384. The topological polar surface area (TPSA) is 93.8 Å². The SMILES string of the molecule is NCCc1nc(C(=O)Nc2cc(Cl)nc(Cl)n2)cs1. The first-order valence-corrected chi connectivity index (χ1v) is 6.88. The van der Waals surface area contributed by atoms with Gasteiger partial charge in [-0.25, -0.2) is 15.0 Å². The molecule has 0 aliphatic rings. The van der Waals surface area contributed by atoms with Crippen LogP contribution in [0.4, 0.5) is 5.82 Å². The van der Waals surface area contributed by atoms with Gasteiger partial charge in [-0.1, -0.05) is 11.6 Å². The highest BCUT2D eigenvalue weighted by Crippen LogP contribution is 2.16. The summed E-state index contributed by atoms with van der Waals surface area (Å²) in [6.45, 7) is 0.492. The summed E-state index contributed by atoms with van der Waals surface area (Å²) in [5.41, 5.74) is 5.73. The van der Waals surface area contributed by atoms with E-state index in [0.717, 1.165) is 5.01 Å². The van der Waals surface area contributed by atoms with Crippen molar-refractivity contribution in [1.82, 2.24) is 15.0 Å². The molecule has 0 unspecified atom stereocenters. The fraction of sp³-hybridized carbons (Fsp3) is 0.200. The third-order valence-corrected chi connectivity index (χ3v) is 3.32. The molecule has 0 bridgehead atoms. The first-order valence-electron chi connectivity index (χ1n) is 5.24. The molecule has 0 fully saturated rings. The zero-order valence-corrected chi connectivity index (χ0v) is 11.9. The van der Waals surface area contributed by atoms with Crippen molar-refractivity contribution in [3.05, 3.63) is 32.6 Å². The van der Waals surface area contributed by atoms with Gasteiger partial charge < -0.3 is 11.1 Å². The van der Waals surface area contributed by atoms with Crippen molar-refractivity contribution >= 4 is 46.3 Å². The van der Waals surface area contributed by atoms with Crippen LogP contribution in [-0.2, 0) is 6.42 Å². The van der Waals surface area contributed by atoms with Gasteiger partial charge in [0.05, 0.1) is 5.01 Å². The predicted octanol–water partition coefficient (Wildman–Crippen LogP) is 1.99. The Balaban J connectivity index is 2.11. The highest BCUT2D eigenvalue weighted by atomic mass is 35.5. The summed E-state index contributed by atoms with van der Waals surface area (Å²) in [5, 5.41) is 5.13. The summed E-state index contributed by atoms with van der Waals surface area (Å²) < 4.78 is 0. The number of halogens is 2. The lowest BCUT2D eigenvalue weighted by atomic mass is 10.4. The predicted molar refractivity (Wildman–Crippen MR) is 74.9 cm³/mol. The van der Waals surface area contributed by atoms with Gasteiger partial charge in [-0.2, -0.15) is 0 Å². The Hall–Kier alpha value is -1.28. The van der Waals surface area contributed by atoms with Gasteiger partial charge in [0.1, 0.15) is 16.7 Å². The average Bonchev–Trinajstić information content (AvgIpc) is 2.76. The van der Waals surface area contributed by atoms with Crippen molar-refractivity contribution in [3.63, 3.8) is 0 Å². The fourth-order valence-electron chi connectivity index (χ4n) is 1.29. The molecule has 2 aromatic rings. The molecule has 9 heteroatoms. The maximum atomic E-state index is 11.9. The van der Waals surface area contributed by atoms with Crippen LogP contribution in [0, 0.1) is 0 Å². The molecule has 1 amide bonds. The largest absolute Gasteiger partial charge is 0.330 e. The molecule has 0 aliphatic carbocycles. The second-order valence-electron chi connectivity index (χ2n) is 3.46. The number of hydrogen-bond donors (Lipinski definition) is 2. The van der Waals surface area contributed by atoms with Crippen molar-refractivity contribution < 1.29 is 4.79 Å². The molecule has 6 nitrogen and oxygen atoms in total. The quantitative estimate of drug-likeness (QED) is 0.664. The molecule has 0 saturated carbocycles. The van der Waals surface area contributed by atoms with Gasteiger partial charge in [-0.15, -0.1) is 11.3 Å². The lowest BCUT2D eigenvalue weighted by Gasteiger charge is -2.02. The highest BCUT2D eigenvalue weighted by Gasteiger charge is 2.12. The van der Waals surface area contributed by atoms with Crippen LogP contribution in [0.3, 0.4) is 0 Å². The van der Waals surface area contributed by atoms with Gasteiger partial charge in [0.2, 0.25) is 5.28 Å².